The molecule has 0 fully saturated rings. The van der Waals surface area contributed by atoms with Gasteiger partial charge < -0.3 is 4.57 Å². The van der Waals surface area contributed by atoms with Gasteiger partial charge in [0.2, 0.25) is 0 Å². The molecule has 7 nitrogen and oxygen atoms in total. The molecule has 1 amide bonds. The number of nitrogens with one attached hydrogen (secondary N) is 1. The number of nitrogens with zero attached hydrogens (tertiary/aromatic N) is 3. The van der Waals surface area contributed by atoms with Crippen LogP contribution in [0, 0.1) is 27.7 Å². The average Bonchev–Trinajstić information content (AvgIpc) is 3.15. The summed E-state index contributed by atoms with van der Waals surface area (Å²) in [5.74, 6) is -0.584. The predicted octanol–water partition coefficient (Wildman–Crippen LogP) is 6.36. The highest BCUT2D eigenvalue weighted by Crippen LogP contribution is 2.29. The number of aromatic nitrogens is 1. The van der Waals surface area contributed by atoms with E-state index in [1.807, 2.05) is 50.5 Å². The minimum Gasteiger partial charge on any atom is -0.316 e. The van der Waals surface area contributed by atoms with E-state index in [0.29, 0.717) is 15.7 Å². The number of sulfonamides is 1. The molecule has 0 unspecified atom stereocenters. The van der Waals surface area contributed by atoms with Gasteiger partial charge in [-0.3, -0.25) is 9.10 Å². The summed E-state index contributed by atoms with van der Waals surface area (Å²) in [7, 11) is -4.01. The zero-order chi connectivity index (χ0) is 28.3. The second-order valence-corrected chi connectivity index (χ2v) is 11.9. The van der Waals surface area contributed by atoms with Crippen molar-refractivity contribution in [2.45, 2.75) is 32.6 Å². The Kier molecular flexibility index (Phi) is 8.49. The van der Waals surface area contributed by atoms with Gasteiger partial charge in [-0.1, -0.05) is 47.5 Å². The molecular formula is C29H28Cl2N4O3S. The minimum atomic E-state index is -4.01. The number of rotatable bonds is 8. The van der Waals surface area contributed by atoms with Gasteiger partial charge in [0, 0.05) is 22.0 Å². The molecule has 0 aliphatic rings. The van der Waals surface area contributed by atoms with Crippen molar-refractivity contribution in [3.05, 3.63) is 111 Å². The number of carbonyl (C=O) groups is 1. The fourth-order valence-electron chi connectivity index (χ4n) is 4.42. The zero-order valence-electron chi connectivity index (χ0n) is 21.9. The Morgan fingerprint density at radius 3 is 2.26 bits per heavy atom. The Hall–Kier alpha value is -3.59. The Morgan fingerprint density at radius 2 is 1.62 bits per heavy atom. The first-order valence-corrected chi connectivity index (χ1v) is 14.3. The summed E-state index contributed by atoms with van der Waals surface area (Å²) in [5.41, 5.74) is 7.95. The first kappa shape index (κ1) is 28.4. The lowest BCUT2D eigenvalue weighted by atomic mass is 10.1. The van der Waals surface area contributed by atoms with Gasteiger partial charge in [0.1, 0.15) is 6.54 Å². The summed E-state index contributed by atoms with van der Waals surface area (Å²) >= 11 is 12.5. The molecule has 0 bridgehead atoms. The number of carbonyl (C=O) groups excluding carboxylic acids is 1. The van der Waals surface area contributed by atoms with E-state index in [1.54, 1.807) is 42.5 Å². The molecule has 202 valence electrons. The summed E-state index contributed by atoms with van der Waals surface area (Å²) in [5, 5.41) is 5.16. The van der Waals surface area contributed by atoms with E-state index in [1.165, 1.54) is 18.3 Å². The topological polar surface area (TPSA) is 83.8 Å². The van der Waals surface area contributed by atoms with E-state index in [4.69, 9.17) is 23.2 Å². The van der Waals surface area contributed by atoms with E-state index >= 15 is 0 Å². The molecule has 10 heteroatoms. The minimum absolute atomic E-state index is 0.0914. The highest BCUT2D eigenvalue weighted by molar-refractivity contribution is 7.92. The molecule has 1 heterocycles. The van der Waals surface area contributed by atoms with E-state index in [0.717, 1.165) is 38.1 Å². The molecular weight excluding hydrogens is 555 g/mol. The predicted molar refractivity (Wildman–Crippen MR) is 158 cm³/mol. The van der Waals surface area contributed by atoms with E-state index in [9.17, 15) is 13.2 Å². The van der Waals surface area contributed by atoms with Crippen LogP contribution >= 0.6 is 23.2 Å². The van der Waals surface area contributed by atoms with Gasteiger partial charge in [-0.05, 0) is 87.4 Å². The lowest BCUT2D eigenvalue weighted by molar-refractivity contribution is -0.119. The maximum absolute atomic E-state index is 13.5. The maximum atomic E-state index is 13.5. The Labute approximate surface area is 238 Å². The van der Waals surface area contributed by atoms with Crippen LogP contribution in [-0.2, 0) is 14.8 Å². The van der Waals surface area contributed by atoms with E-state index < -0.39 is 22.5 Å². The number of benzene rings is 3. The third-order valence-electron chi connectivity index (χ3n) is 6.13. The maximum Gasteiger partial charge on any atom is 0.264 e. The summed E-state index contributed by atoms with van der Waals surface area (Å²) in [6.07, 6.45) is 1.52. The van der Waals surface area contributed by atoms with Crippen molar-refractivity contribution in [2.24, 2.45) is 5.10 Å². The molecule has 39 heavy (non-hydrogen) atoms. The van der Waals surface area contributed by atoms with Crippen LogP contribution in [0.15, 0.2) is 82.8 Å². The van der Waals surface area contributed by atoms with Gasteiger partial charge in [-0.15, -0.1) is 0 Å². The van der Waals surface area contributed by atoms with Crippen LogP contribution in [-0.4, -0.2) is 31.7 Å². The lowest BCUT2D eigenvalue weighted by Gasteiger charge is -2.24. The van der Waals surface area contributed by atoms with Crippen LogP contribution in [0.2, 0.25) is 10.0 Å². The van der Waals surface area contributed by atoms with Gasteiger partial charge in [0.25, 0.3) is 15.9 Å². The summed E-state index contributed by atoms with van der Waals surface area (Å²) in [4.78, 5) is 13.0. The first-order chi connectivity index (χ1) is 18.5. The molecule has 4 aromatic rings. The largest absolute Gasteiger partial charge is 0.316 e. The van der Waals surface area contributed by atoms with Crippen molar-refractivity contribution in [3.8, 4) is 5.69 Å². The summed E-state index contributed by atoms with van der Waals surface area (Å²) in [6, 6.07) is 20.6. The summed E-state index contributed by atoms with van der Waals surface area (Å²) < 4.78 is 30.1. The monoisotopic (exact) mass is 582 g/mol. The molecule has 1 aromatic heterocycles. The fourth-order valence-corrected chi connectivity index (χ4v) is 6.34. The number of hydrogen-bond acceptors (Lipinski definition) is 4. The van der Waals surface area contributed by atoms with E-state index in [2.05, 4.69) is 10.5 Å². The zero-order valence-corrected chi connectivity index (χ0v) is 24.3. The standard InChI is InChI=1S/C29H28Cl2N4O3S/c1-19-12-20(2)14-25(13-19)34(39(37,38)26-8-6-5-7-9-26)18-29(36)33-32-17-23-15-21(3)35(22(23)4)28-11-10-24(30)16-27(28)31/h5-17H,18H2,1-4H3,(H,33,36)/b32-17-. The smallest absolute Gasteiger partial charge is 0.264 e. The quantitative estimate of drug-likeness (QED) is 0.194. The molecule has 4 rings (SSSR count). The van der Waals surface area contributed by atoms with Gasteiger partial charge >= 0.3 is 0 Å². The molecule has 0 spiro atoms. The highest BCUT2D eigenvalue weighted by Gasteiger charge is 2.27. The second kappa shape index (κ2) is 11.7. The molecule has 0 radical (unpaired) electrons. The van der Waals surface area contributed by atoms with Crippen molar-refractivity contribution in [1.82, 2.24) is 9.99 Å². The van der Waals surface area contributed by atoms with Crippen molar-refractivity contribution in [1.29, 1.82) is 0 Å². The van der Waals surface area contributed by atoms with Gasteiger partial charge in [-0.25, -0.2) is 13.8 Å². The molecule has 0 aliphatic carbocycles. The van der Waals surface area contributed by atoms with Crippen LogP contribution in [0.25, 0.3) is 5.69 Å². The van der Waals surface area contributed by atoms with Crippen LogP contribution in [0.3, 0.4) is 0 Å². The number of hydrazone groups is 1. The van der Waals surface area contributed by atoms with Crippen molar-refractivity contribution in [2.75, 3.05) is 10.8 Å². The Bertz CT molecular complexity index is 1650. The van der Waals surface area contributed by atoms with Gasteiger partial charge in [0.15, 0.2) is 0 Å². The van der Waals surface area contributed by atoms with E-state index in [-0.39, 0.29) is 4.90 Å². The van der Waals surface area contributed by atoms with Crippen molar-refractivity contribution < 1.29 is 13.2 Å². The van der Waals surface area contributed by atoms with Gasteiger partial charge in [0.05, 0.1) is 27.5 Å². The third kappa shape index (κ3) is 6.36. The van der Waals surface area contributed by atoms with Crippen LogP contribution < -0.4 is 9.73 Å². The van der Waals surface area contributed by atoms with Crippen LogP contribution in [0.4, 0.5) is 5.69 Å². The molecule has 3 aromatic carbocycles. The normalized spacial score (nSPS) is 11.6. The SMILES string of the molecule is Cc1cc(C)cc(N(CC(=O)N/N=C\c2cc(C)n(-c3ccc(Cl)cc3Cl)c2C)S(=O)(=O)c2ccccc2)c1. The third-order valence-corrected chi connectivity index (χ3v) is 8.45. The van der Waals surface area contributed by atoms with Crippen LogP contribution in [0.1, 0.15) is 28.1 Å². The molecule has 1 N–H and O–H groups in total. The molecule has 0 aliphatic heterocycles. The number of anilines is 1. The molecule has 0 saturated heterocycles. The molecule has 0 saturated carbocycles. The first-order valence-electron chi connectivity index (χ1n) is 12.1. The molecule has 0 atom stereocenters. The average molecular weight is 584 g/mol. The number of amides is 1. The Morgan fingerprint density at radius 1 is 0.949 bits per heavy atom. The summed E-state index contributed by atoms with van der Waals surface area (Å²) in [6.45, 7) is 7.15. The second-order valence-electron chi connectivity index (χ2n) is 9.22. The fraction of sp³-hybridized carbons (Fsp3) is 0.172. The number of halogens is 2. The van der Waals surface area contributed by atoms with Gasteiger partial charge in [-0.2, -0.15) is 5.10 Å². The number of aryl methyl sites for hydroxylation is 3. The highest BCUT2D eigenvalue weighted by atomic mass is 35.5. The lowest BCUT2D eigenvalue weighted by Crippen LogP contribution is -2.39. The van der Waals surface area contributed by atoms with Crippen molar-refractivity contribution >= 4 is 51.0 Å². The number of hydrogen-bond donors (Lipinski definition) is 1. The van der Waals surface area contributed by atoms with Crippen LogP contribution in [0.5, 0.6) is 0 Å². The van der Waals surface area contributed by atoms with Crippen molar-refractivity contribution in [3.63, 3.8) is 0 Å². The Balaban J connectivity index is 1.58.